The largest absolute Gasteiger partial charge is 0.468 e. The minimum atomic E-state index is -3.59. The molecule has 0 aliphatic carbocycles. The number of nitrogens with zero attached hydrogens (tertiary/aromatic N) is 2. The SMILES string of the molecule is COC(=O)[C@H](c1ccccc1Cl)N1CCN(S(=O)(=O)c2ccc(Cl)s2)CC1. The molecule has 2 heterocycles. The van der Waals surface area contributed by atoms with E-state index in [-0.39, 0.29) is 17.3 Å². The summed E-state index contributed by atoms with van der Waals surface area (Å²) in [7, 11) is -2.26. The van der Waals surface area contributed by atoms with Crippen molar-refractivity contribution in [3.8, 4) is 0 Å². The summed E-state index contributed by atoms with van der Waals surface area (Å²) in [6, 6.07) is 9.49. The summed E-state index contributed by atoms with van der Waals surface area (Å²) >= 11 is 13.2. The third-order valence-corrected chi connectivity index (χ3v) is 8.35. The van der Waals surface area contributed by atoms with Gasteiger partial charge in [-0.3, -0.25) is 4.90 Å². The van der Waals surface area contributed by atoms with Gasteiger partial charge in [-0.2, -0.15) is 4.31 Å². The van der Waals surface area contributed by atoms with E-state index in [9.17, 15) is 13.2 Å². The second-order valence-corrected chi connectivity index (χ2v) is 10.2. The second-order valence-electron chi connectivity index (χ2n) is 5.95. The zero-order chi connectivity index (χ0) is 19.6. The molecule has 0 radical (unpaired) electrons. The minimum Gasteiger partial charge on any atom is -0.468 e. The third kappa shape index (κ3) is 4.31. The number of rotatable bonds is 5. The maximum Gasteiger partial charge on any atom is 0.327 e. The Bertz CT molecular complexity index is 925. The van der Waals surface area contributed by atoms with Crippen LogP contribution >= 0.6 is 34.5 Å². The molecule has 3 rings (SSSR count). The lowest BCUT2D eigenvalue weighted by Gasteiger charge is -2.37. The molecule has 10 heteroatoms. The minimum absolute atomic E-state index is 0.219. The lowest BCUT2D eigenvalue weighted by atomic mass is 10.0. The first-order valence-corrected chi connectivity index (χ1v) is 11.2. The molecule has 1 fully saturated rings. The van der Waals surface area contributed by atoms with Gasteiger partial charge in [-0.05, 0) is 23.8 Å². The van der Waals surface area contributed by atoms with Crippen LogP contribution in [-0.2, 0) is 19.6 Å². The van der Waals surface area contributed by atoms with Crippen molar-refractivity contribution in [3.63, 3.8) is 0 Å². The van der Waals surface area contributed by atoms with E-state index >= 15 is 0 Å². The molecule has 0 saturated carbocycles. The number of hydrogen-bond donors (Lipinski definition) is 0. The first-order valence-electron chi connectivity index (χ1n) is 8.16. The van der Waals surface area contributed by atoms with Crippen LogP contribution in [0.3, 0.4) is 0 Å². The van der Waals surface area contributed by atoms with Crippen LogP contribution in [-0.4, -0.2) is 56.9 Å². The summed E-state index contributed by atoms with van der Waals surface area (Å²) in [5.74, 6) is -0.426. The van der Waals surface area contributed by atoms with Gasteiger partial charge in [0, 0.05) is 31.2 Å². The lowest BCUT2D eigenvalue weighted by Crippen LogP contribution is -2.51. The van der Waals surface area contributed by atoms with E-state index in [1.165, 1.54) is 17.5 Å². The average molecular weight is 449 g/mol. The van der Waals surface area contributed by atoms with E-state index in [0.29, 0.717) is 28.0 Å². The summed E-state index contributed by atoms with van der Waals surface area (Å²) in [6.07, 6.45) is 0. The van der Waals surface area contributed by atoms with Gasteiger partial charge in [-0.25, -0.2) is 13.2 Å². The van der Waals surface area contributed by atoms with Crippen molar-refractivity contribution in [1.29, 1.82) is 0 Å². The number of piperazine rings is 1. The first kappa shape index (κ1) is 20.6. The van der Waals surface area contributed by atoms with Crippen LogP contribution in [0.2, 0.25) is 9.36 Å². The van der Waals surface area contributed by atoms with Gasteiger partial charge in [-0.15, -0.1) is 11.3 Å². The molecule has 2 aromatic rings. The fourth-order valence-corrected chi connectivity index (χ4v) is 6.35. The molecule has 1 aliphatic heterocycles. The molecule has 1 aromatic heterocycles. The Labute approximate surface area is 172 Å². The van der Waals surface area contributed by atoms with Crippen molar-refractivity contribution in [3.05, 3.63) is 51.3 Å². The van der Waals surface area contributed by atoms with Crippen LogP contribution in [0.4, 0.5) is 0 Å². The number of methoxy groups -OCH3 is 1. The molecule has 0 bridgehead atoms. The highest BCUT2D eigenvalue weighted by Gasteiger charge is 2.36. The second kappa shape index (κ2) is 8.46. The number of esters is 1. The van der Waals surface area contributed by atoms with E-state index in [1.54, 1.807) is 30.3 Å². The number of benzene rings is 1. The summed E-state index contributed by atoms with van der Waals surface area (Å²) in [5, 5.41) is 0.469. The highest BCUT2D eigenvalue weighted by atomic mass is 35.5. The van der Waals surface area contributed by atoms with Gasteiger partial charge in [-0.1, -0.05) is 41.4 Å². The van der Waals surface area contributed by atoms with Crippen molar-refractivity contribution in [2.75, 3.05) is 33.3 Å². The van der Waals surface area contributed by atoms with E-state index in [1.807, 2.05) is 4.90 Å². The Morgan fingerprint density at radius 3 is 2.33 bits per heavy atom. The fourth-order valence-electron chi connectivity index (χ4n) is 3.05. The van der Waals surface area contributed by atoms with E-state index < -0.39 is 22.0 Å². The van der Waals surface area contributed by atoms with Crippen LogP contribution < -0.4 is 0 Å². The highest BCUT2D eigenvalue weighted by molar-refractivity contribution is 7.91. The lowest BCUT2D eigenvalue weighted by molar-refractivity contribution is -0.147. The number of carbonyl (C=O) groups is 1. The molecule has 27 heavy (non-hydrogen) atoms. The van der Waals surface area contributed by atoms with Gasteiger partial charge in [0.2, 0.25) is 0 Å². The zero-order valence-electron chi connectivity index (χ0n) is 14.5. The number of ether oxygens (including phenoxy) is 1. The van der Waals surface area contributed by atoms with Crippen molar-refractivity contribution in [2.45, 2.75) is 10.3 Å². The fraction of sp³-hybridized carbons (Fsp3) is 0.353. The summed E-state index contributed by atoms with van der Waals surface area (Å²) in [4.78, 5) is 14.3. The van der Waals surface area contributed by atoms with Gasteiger partial charge in [0.1, 0.15) is 10.3 Å². The number of sulfonamides is 1. The van der Waals surface area contributed by atoms with Crippen LogP contribution in [0, 0.1) is 0 Å². The molecule has 1 aliphatic rings. The van der Waals surface area contributed by atoms with Crippen LogP contribution in [0.1, 0.15) is 11.6 Å². The molecule has 146 valence electrons. The molecule has 0 spiro atoms. The number of carbonyl (C=O) groups excluding carboxylic acids is 1. The van der Waals surface area contributed by atoms with Gasteiger partial charge >= 0.3 is 5.97 Å². The maximum absolute atomic E-state index is 12.7. The normalized spacial score (nSPS) is 17.6. The Kier molecular flexibility index (Phi) is 6.45. The third-order valence-electron chi connectivity index (χ3n) is 4.41. The highest BCUT2D eigenvalue weighted by Crippen LogP contribution is 2.32. The van der Waals surface area contributed by atoms with Gasteiger partial charge < -0.3 is 4.74 Å². The number of halogens is 2. The van der Waals surface area contributed by atoms with Gasteiger partial charge in [0.15, 0.2) is 0 Å². The molecule has 0 amide bonds. The first-order chi connectivity index (χ1) is 12.8. The average Bonchev–Trinajstić information content (AvgIpc) is 3.11. The van der Waals surface area contributed by atoms with Crippen LogP contribution in [0.15, 0.2) is 40.6 Å². The number of hydrogen-bond acceptors (Lipinski definition) is 6. The van der Waals surface area contributed by atoms with Crippen molar-refractivity contribution in [1.82, 2.24) is 9.21 Å². The van der Waals surface area contributed by atoms with Crippen LogP contribution in [0.25, 0.3) is 0 Å². The molecule has 6 nitrogen and oxygen atoms in total. The van der Waals surface area contributed by atoms with E-state index in [2.05, 4.69) is 0 Å². The zero-order valence-corrected chi connectivity index (χ0v) is 17.6. The summed E-state index contributed by atoms with van der Waals surface area (Å²) < 4.78 is 32.5. The van der Waals surface area contributed by atoms with Crippen molar-refractivity contribution < 1.29 is 17.9 Å². The van der Waals surface area contributed by atoms with Crippen molar-refractivity contribution >= 4 is 50.5 Å². The molecule has 0 N–H and O–H groups in total. The Morgan fingerprint density at radius 1 is 1.11 bits per heavy atom. The quantitative estimate of drug-likeness (QED) is 0.656. The van der Waals surface area contributed by atoms with E-state index in [0.717, 1.165) is 11.3 Å². The predicted molar refractivity (Wildman–Crippen MR) is 106 cm³/mol. The summed E-state index contributed by atoms with van der Waals surface area (Å²) in [6.45, 7) is 1.28. The molecule has 1 aromatic carbocycles. The molecular weight excluding hydrogens is 431 g/mol. The molecule has 1 atom stereocenters. The Morgan fingerprint density at radius 2 is 1.78 bits per heavy atom. The van der Waals surface area contributed by atoms with E-state index in [4.69, 9.17) is 27.9 Å². The topological polar surface area (TPSA) is 66.9 Å². The summed E-state index contributed by atoms with van der Waals surface area (Å²) in [5.41, 5.74) is 0.646. The van der Waals surface area contributed by atoms with Crippen LogP contribution in [0.5, 0.6) is 0 Å². The predicted octanol–water partition coefficient (Wildman–Crippen LogP) is 3.28. The Hall–Kier alpha value is -1.16. The standard InChI is InChI=1S/C17H18Cl2N2O4S2/c1-25-17(22)16(12-4-2-3-5-13(12)18)20-8-10-21(11-9-20)27(23,24)15-7-6-14(19)26-15/h2-7,16H,8-11H2,1H3/t16-/m0/s1. The molecule has 0 unspecified atom stereocenters. The smallest absolute Gasteiger partial charge is 0.327 e. The van der Waals surface area contributed by atoms with Gasteiger partial charge in [0.25, 0.3) is 10.0 Å². The van der Waals surface area contributed by atoms with Crippen molar-refractivity contribution in [2.24, 2.45) is 0 Å². The monoisotopic (exact) mass is 448 g/mol. The number of thiophene rings is 1. The maximum atomic E-state index is 12.7. The van der Waals surface area contributed by atoms with Gasteiger partial charge in [0.05, 0.1) is 11.4 Å². The molecule has 1 saturated heterocycles. The molecular formula is C17H18Cl2N2O4S2. The Balaban J connectivity index is 1.78.